The zero-order chi connectivity index (χ0) is 20.5. The van der Waals surface area contributed by atoms with Crippen molar-refractivity contribution in [3.63, 3.8) is 0 Å². The van der Waals surface area contributed by atoms with Gasteiger partial charge in [-0.25, -0.2) is 0 Å². The van der Waals surface area contributed by atoms with Gasteiger partial charge >= 0.3 is 6.18 Å². The lowest BCUT2D eigenvalue weighted by molar-refractivity contribution is -0.153. The Kier molecular flexibility index (Phi) is 5.46. The first-order valence-corrected chi connectivity index (χ1v) is 8.60. The molecular weight excluding hydrogens is 397 g/mol. The maximum absolute atomic E-state index is 12.6. The molecule has 2 aromatic heterocycles. The van der Waals surface area contributed by atoms with Crippen LogP contribution in [-0.4, -0.2) is 33.5 Å². The van der Waals surface area contributed by atoms with Crippen molar-refractivity contribution >= 4 is 28.4 Å². The van der Waals surface area contributed by atoms with Crippen LogP contribution in [0.3, 0.4) is 0 Å². The molecule has 3 rings (SSSR count). The molecule has 28 heavy (non-hydrogen) atoms. The largest absolute Gasteiger partial charge is 0.483 e. The average Bonchev–Trinajstić information content (AvgIpc) is 2.96. The van der Waals surface area contributed by atoms with E-state index in [-0.39, 0.29) is 11.4 Å². The molecule has 2 heterocycles. The normalized spacial score (nSPS) is 12.8. The van der Waals surface area contributed by atoms with Crippen LogP contribution in [0.5, 0.6) is 5.75 Å². The van der Waals surface area contributed by atoms with E-state index in [4.69, 9.17) is 11.6 Å². The second-order valence-electron chi connectivity index (χ2n) is 6.15. The van der Waals surface area contributed by atoms with Crippen LogP contribution in [0.2, 0.25) is 5.02 Å². The SMILES string of the molecule is CC(NC(=O)c1nn(C)c2ccc(Cl)cc12)c1ccc(OCC(F)(F)F)cn1. The monoisotopic (exact) mass is 412 g/mol. The number of carbonyl (C=O) groups is 1. The summed E-state index contributed by atoms with van der Waals surface area (Å²) in [6, 6.07) is 7.50. The van der Waals surface area contributed by atoms with E-state index in [0.29, 0.717) is 16.1 Å². The summed E-state index contributed by atoms with van der Waals surface area (Å²) < 4.78 is 42.7. The minimum absolute atomic E-state index is 0.00929. The van der Waals surface area contributed by atoms with Crippen LogP contribution < -0.4 is 10.1 Å². The number of aromatic nitrogens is 3. The highest BCUT2D eigenvalue weighted by Gasteiger charge is 2.28. The van der Waals surface area contributed by atoms with Gasteiger partial charge in [-0.1, -0.05) is 11.6 Å². The number of nitrogens with one attached hydrogen (secondary N) is 1. The second-order valence-corrected chi connectivity index (χ2v) is 6.59. The molecule has 0 fully saturated rings. The van der Waals surface area contributed by atoms with Crippen LogP contribution in [0.4, 0.5) is 13.2 Å². The van der Waals surface area contributed by atoms with Gasteiger partial charge in [-0.2, -0.15) is 18.3 Å². The van der Waals surface area contributed by atoms with E-state index in [9.17, 15) is 18.0 Å². The molecule has 0 saturated heterocycles. The lowest BCUT2D eigenvalue weighted by Crippen LogP contribution is -2.27. The Morgan fingerprint density at radius 3 is 2.71 bits per heavy atom. The second kappa shape index (κ2) is 7.67. The fraction of sp³-hybridized carbons (Fsp3) is 0.278. The van der Waals surface area contributed by atoms with Crippen molar-refractivity contribution in [3.8, 4) is 5.75 Å². The van der Waals surface area contributed by atoms with Gasteiger partial charge in [0.05, 0.1) is 23.4 Å². The van der Waals surface area contributed by atoms with Gasteiger partial charge < -0.3 is 10.1 Å². The van der Waals surface area contributed by atoms with Crippen molar-refractivity contribution in [2.45, 2.75) is 19.1 Å². The summed E-state index contributed by atoms with van der Waals surface area (Å²) >= 11 is 6.01. The molecule has 0 bridgehead atoms. The van der Waals surface area contributed by atoms with E-state index < -0.39 is 24.7 Å². The first-order chi connectivity index (χ1) is 13.1. The predicted octanol–water partition coefficient (Wildman–Crippen LogP) is 4.05. The molecule has 0 spiro atoms. The molecule has 0 radical (unpaired) electrons. The van der Waals surface area contributed by atoms with E-state index in [1.807, 2.05) is 0 Å². The third-order valence-electron chi connectivity index (χ3n) is 3.98. The summed E-state index contributed by atoms with van der Waals surface area (Å²) in [5, 5.41) is 8.11. The number of ether oxygens (including phenoxy) is 1. The highest BCUT2D eigenvalue weighted by atomic mass is 35.5. The lowest BCUT2D eigenvalue weighted by atomic mass is 10.1. The maximum atomic E-state index is 12.6. The van der Waals surface area contributed by atoms with Crippen molar-refractivity contribution in [3.05, 3.63) is 52.9 Å². The number of amides is 1. The molecule has 0 aliphatic heterocycles. The molecule has 1 unspecified atom stereocenters. The highest BCUT2D eigenvalue weighted by Crippen LogP contribution is 2.23. The number of hydrogen-bond donors (Lipinski definition) is 1. The molecule has 6 nitrogen and oxygen atoms in total. The number of nitrogens with zero attached hydrogens (tertiary/aromatic N) is 3. The summed E-state index contributed by atoms with van der Waals surface area (Å²) in [5.41, 5.74) is 1.44. The van der Waals surface area contributed by atoms with Gasteiger partial charge in [-0.15, -0.1) is 0 Å². The van der Waals surface area contributed by atoms with E-state index in [2.05, 4.69) is 20.1 Å². The van der Waals surface area contributed by atoms with Gasteiger partial charge in [0.15, 0.2) is 12.3 Å². The van der Waals surface area contributed by atoms with Gasteiger partial charge in [0.1, 0.15) is 5.75 Å². The number of carbonyl (C=O) groups excluding carboxylic acids is 1. The van der Waals surface area contributed by atoms with Crippen molar-refractivity contribution in [2.24, 2.45) is 7.05 Å². The fourth-order valence-electron chi connectivity index (χ4n) is 2.64. The first kappa shape index (κ1) is 19.9. The number of benzene rings is 1. The Morgan fingerprint density at radius 2 is 2.07 bits per heavy atom. The van der Waals surface area contributed by atoms with Gasteiger partial charge in [0, 0.05) is 17.5 Å². The van der Waals surface area contributed by atoms with Crippen molar-refractivity contribution in [1.82, 2.24) is 20.1 Å². The van der Waals surface area contributed by atoms with Crippen LogP contribution >= 0.6 is 11.6 Å². The quantitative estimate of drug-likeness (QED) is 0.686. The summed E-state index contributed by atoms with van der Waals surface area (Å²) in [6.07, 6.45) is -3.24. The van der Waals surface area contributed by atoms with Gasteiger partial charge in [-0.3, -0.25) is 14.5 Å². The third-order valence-corrected chi connectivity index (χ3v) is 4.22. The van der Waals surface area contributed by atoms with Crippen LogP contribution in [0.1, 0.15) is 29.1 Å². The van der Waals surface area contributed by atoms with Crippen molar-refractivity contribution in [1.29, 1.82) is 0 Å². The number of aryl methyl sites for hydroxylation is 1. The number of hydrogen-bond acceptors (Lipinski definition) is 4. The number of pyridine rings is 1. The minimum atomic E-state index is -4.42. The Balaban J connectivity index is 1.72. The number of fused-ring (bicyclic) bond motifs is 1. The molecule has 0 saturated carbocycles. The van der Waals surface area contributed by atoms with Gasteiger partial charge in [-0.05, 0) is 37.3 Å². The molecule has 148 valence electrons. The summed E-state index contributed by atoms with van der Waals surface area (Å²) in [5.74, 6) is -0.426. The third kappa shape index (κ3) is 4.53. The predicted molar refractivity (Wildman–Crippen MR) is 97.4 cm³/mol. The molecular formula is C18H16ClF3N4O2. The number of rotatable bonds is 5. The maximum Gasteiger partial charge on any atom is 0.422 e. The molecule has 1 amide bonds. The Morgan fingerprint density at radius 1 is 1.32 bits per heavy atom. The summed E-state index contributed by atoms with van der Waals surface area (Å²) in [7, 11) is 1.72. The standard InChI is InChI=1S/C18H16ClF3N4O2/c1-10(14-5-4-12(8-23-14)28-9-18(20,21)22)24-17(27)16-13-7-11(19)3-6-15(13)26(2)25-16/h3-8,10H,9H2,1-2H3,(H,24,27). The summed E-state index contributed by atoms with van der Waals surface area (Å²) in [6.45, 7) is 0.310. The number of alkyl halides is 3. The molecule has 0 aliphatic rings. The minimum Gasteiger partial charge on any atom is -0.483 e. The van der Waals surface area contributed by atoms with E-state index in [1.54, 1.807) is 36.9 Å². The first-order valence-electron chi connectivity index (χ1n) is 8.22. The van der Waals surface area contributed by atoms with Crippen molar-refractivity contribution < 1.29 is 22.7 Å². The van der Waals surface area contributed by atoms with E-state index in [1.165, 1.54) is 18.3 Å². The zero-order valence-corrected chi connectivity index (χ0v) is 15.7. The molecule has 1 aromatic carbocycles. The van der Waals surface area contributed by atoms with Crippen molar-refractivity contribution in [2.75, 3.05) is 6.61 Å². The highest BCUT2D eigenvalue weighted by molar-refractivity contribution is 6.31. The Labute approximate surface area is 163 Å². The van der Waals surface area contributed by atoms with Crippen LogP contribution in [0.15, 0.2) is 36.5 Å². The molecule has 1 atom stereocenters. The number of halogens is 4. The zero-order valence-electron chi connectivity index (χ0n) is 14.9. The lowest BCUT2D eigenvalue weighted by Gasteiger charge is -2.14. The topological polar surface area (TPSA) is 69.0 Å². The summed E-state index contributed by atoms with van der Waals surface area (Å²) in [4.78, 5) is 16.7. The molecule has 1 N–H and O–H groups in total. The van der Waals surface area contributed by atoms with Crippen LogP contribution in [0.25, 0.3) is 10.9 Å². The van der Waals surface area contributed by atoms with E-state index in [0.717, 1.165) is 5.52 Å². The van der Waals surface area contributed by atoms with E-state index >= 15 is 0 Å². The Bertz CT molecular complexity index is 1000. The molecule has 3 aromatic rings. The molecule has 0 aliphatic carbocycles. The van der Waals surface area contributed by atoms with Gasteiger partial charge in [0.25, 0.3) is 5.91 Å². The fourth-order valence-corrected chi connectivity index (χ4v) is 2.82. The average molecular weight is 413 g/mol. The smallest absolute Gasteiger partial charge is 0.422 e. The Hall–Kier alpha value is -2.81. The van der Waals surface area contributed by atoms with Gasteiger partial charge in [0.2, 0.25) is 0 Å². The molecule has 10 heteroatoms. The van der Waals surface area contributed by atoms with Crippen LogP contribution in [0, 0.1) is 0 Å². The van der Waals surface area contributed by atoms with Crippen LogP contribution in [-0.2, 0) is 7.05 Å².